The van der Waals surface area contributed by atoms with Crippen LogP contribution in [0.4, 0.5) is 0 Å². The van der Waals surface area contributed by atoms with Crippen molar-refractivity contribution in [3.63, 3.8) is 0 Å². The molecule has 0 bridgehead atoms. The fourth-order valence-corrected chi connectivity index (χ4v) is 5.09. The number of nitrogens with one attached hydrogen (secondary N) is 1. The molecule has 2 saturated heterocycles. The Morgan fingerprint density at radius 2 is 2.34 bits per heavy atom. The molecule has 2 aromatic rings. The number of nitrogens with zero attached hydrogens (tertiary/aromatic N) is 3. The normalized spacial score (nSPS) is 25.2. The van der Waals surface area contributed by atoms with Crippen LogP contribution in [0.1, 0.15) is 38.8 Å². The first-order valence-corrected chi connectivity index (χ1v) is 10.9. The third-order valence-corrected chi connectivity index (χ3v) is 6.61. The van der Waals surface area contributed by atoms with Crippen molar-refractivity contribution in [2.24, 2.45) is 0 Å². The maximum absolute atomic E-state index is 12.3. The predicted molar refractivity (Wildman–Crippen MR) is 111 cm³/mol. The summed E-state index contributed by atoms with van der Waals surface area (Å²) in [5.41, 5.74) is 1.39. The molecular weight excluding hydrogens is 388 g/mol. The van der Waals surface area contributed by atoms with Gasteiger partial charge in [-0.2, -0.15) is 0 Å². The summed E-state index contributed by atoms with van der Waals surface area (Å²) < 4.78 is 12.4. The standard InChI is InChI=1S/C21H28N4O3S/c1-15-19(29-16(2)24-15)12-25-8-9-27-14-21(13-25)6-5-18(28-21)11-23-20(26)17-4-3-7-22-10-17/h3-4,7,10,18H,5-6,8-9,11-14H2,1-2H3,(H,23,26). The van der Waals surface area contributed by atoms with Crippen molar-refractivity contribution >= 4 is 17.2 Å². The van der Waals surface area contributed by atoms with E-state index in [2.05, 4.69) is 34.0 Å². The van der Waals surface area contributed by atoms with Crippen LogP contribution in [0.15, 0.2) is 24.5 Å². The number of hydrogen-bond donors (Lipinski definition) is 1. The number of rotatable bonds is 5. The summed E-state index contributed by atoms with van der Waals surface area (Å²) in [5.74, 6) is -0.113. The highest BCUT2D eigenvalue weighted by Crippen LogP contribution is 2.33. The van der Waals surface area contributed by atoms with Crippen LogP contribution in [-0.2, 0) is 16.0 Å². The van der Waals surface area contributed by atoms with E-state index < -0.39 is 0 Å². The molecule has 29 heavy (non-hydrogen) atoms. The van der Waals surface area contributed by atoms with Crippen LogP contribution in [0.5, 0.6) is 0 Å². The molecule has 156 valence electrons. The Balaban J connectivity index is 1.34. The average Bonchev–Trinajstić information content (AvgIpc) is 3.18. The average molecular weight is 417 g/mol. The monoisotopic (exact) mass is 416 g/mol. The molecule has 1 N–H and O–H groups in total. The Bertz CT molecular complexity index is 844. The molecule has 7 nitrogen and oxygen atoms in total. The molecule has 0 radical (unpaired) electrons. The van der Waals surface area contributed by atoms with Gasteiger partial charge in [-0.3, -0.25) is 14.7 Å². The number of aryl methyl sites for hydroxylation is 2. The van der Waals surface area contributed by atoms with Gasteiger partial charge in [0.25, 0.3) is 5.91 Å². The lowest BCUT2D eigenvalue weighted by molar-refractivity contribution is -0.0848. The lowest BCUT2D eigenvalue weighted by Gasteiger charge is -2.32. The Labute approximate surface area is 175 Å². The molecule has 2 unspecified atom stereocenters. The summed E-state index contributed by atoms with van der Waals surface area (Å²) in [7, 11) is 0. The predicted octanol–water partition coefficient (Wildman–Crippen LogP) is 2.33. The van der Waals surface area contributed by atoms with E-state index in [9.17, 15) is 4.79 Å². The van der Waals surface area contributed by atoms with Gasteiger partial charge in [-0.05, 0) is 38.8 Å². The summed E-state index contributed by atoms with van der Waals surface area (Å²) in [6.45, 7) is 8.58. The molecule has 4 rings (SSSR count). The van der Waals surface area contributed by atoms with Gasteiger partial charge in [0, 0.05) is 43.4 Å². The Morgan fingerprint density at radius 3 is 3.10 bits per heavy atom. The van der Waals surface area contributed by atoms with Crippen molar-refractivity contribution in [2.75, 3.05) is 32.8 Å². The summed E-state index contributed by atoms with van der Waals surface area (Å²) in [5, 5.41) is 4.09. The van der Waals surface area contributed by atoms with E-state index in [0.717, 1.165) is 43.2 Å². The van der Waals surface area contributed by atoms with Crippen LogP contribution in [0, 0.1) is 13.8 Å². The smallest absolute Gasteiger partial charge is 0.252 e. The second-order valence-electron chi connectivity index (χ2n) is 7.92. The third-order valence-electron chi connectivity index (χ3n) is 5.55. The lowest BCUT2D eigenvalue weighted by atomic mass is 10.00. The lowest BCUT2D eigenvalue weighted by Crippen LogP contribution is -2.45. The van der Waals surface area contributed by atoms with Crippen molar-refractivity contribution in [1.29, 1.82) is 0 Å². The molecule has 2 aromatic heterocycles. The molecule has 2 aliphatic heterocycles. The summed E-state index contributed by atoms with van der Waals surface area (Å²) >= 11 is 1.77. The summed E-state index contributed by atoms with van der Waals surface area (Å²) in [6.07, 6.45) is 5.10. The minimum atomic E-state index is -0.298. The van der Waals surface area contributed by atoms with E-state index in [1.807, 2.05) is 0 Å². The van der Waals surface area contributed by atoms with Crippen LogP contribution in [0.2, 0.25) is 0 Å². The molecule has 2 aliphatic rings. The molecule has 2 atom stereocenters. The molecule has 0 aromatic carbocycles. The Kier molecular flexibility index (Phi) is 6.24. The number of amides is 1. The van der Waals surface area contributed by atoms with E-state index in [-0.39, 0.29) is 17.6 Å². The highest BCUT2D eigenvalue weighted by atomic mass is 32.1. The van der Waals surface area contributed by atoms with Crippen LogP contribution >= 0.6 is 11.3 Å². The fourth-order valence-electron chi connectivity index (χ4n) is 4.11. The summed E-state index contributed by atoms with van der Waals surface area (Å²) in [4.78, 5) is 24.6. The first kappa shape index (κ1) is 20.4. The molecule has 8 heteroatoms. The van der Waals surface area contributed by atoms with Crippen LogP contribution in [0.3, 0.4) is 0 Å². The van der Waals surface area contributed by atoms with Gasteiger partial charge in [-0.25, -0.2) is 4.98 Å². The first-order valence-electron chi connectivity index (χ1n) is 10.1. The van der Waals surface area contributed by atoms with Gasteiger partial charge in [-0.1, -0.05) is 0 Å². The van der Waals surface area contributed by atoms with Gasteiger partial charge in [0.2, 0.25) is 0 Å². The highest BCUT2D eigenvalue weighted by Gasteiger charge is 2.43. The minimum absolute atomic E-state index is 0.00607. The van der Waals surface area contributed by atoms with Gasteiger partial charge in [0.1, 0.15) is 5.60 Å². The topological polar surface area (TPSA) is 76.6 Å². The number of carbonyl (C=O) groups is 1. The van der Waals surface area contributed by atoms with E-state index in [4.69, 9.17) is 9.47 Å². The Morgan fingerprint density at radius 1 is 1.45 bits per heavy atom. The Hall–Kier alpha value is -1.87. The zero-order valence-electron chi connectivity index (χ0n) is 17.0. The number of ether oxygens (including phenoxy) is 2. The number of aromatic nitrogens is 2. The van der Waals surface area contributed by atoms with Crippen molar-refractivity contribution in [2.45, 2.75) is 44.9 Å². The van der Waals surface area contributed by atoms with E-state index in [1.165, 1.54) is 4.88 Å². The maximum atomic E-state index is 12.3. The van der Waals surface area contributed by atoms with Crippen molar-refractivity contribution < 1.29 is 14.3 Å². The number of pyridine rings is 1. The quantitative estimate of drug-likeness (QED) is 0.806. The van der Waals surface area contributed by atoms with Crippen molar-refractivity contribution in [3.05, 3.63) is 45.7 Å². The SMILES string of the molecule is Cc1nc(C)c(CN2CCOCC3(CCC(CNC(=O)c4cccnc4)O3)C2)s1. The van der Waals surface area contributed by atoms with Crippen LogP contribution in [-0.4, -0.2) is 65.3 Å². The van der Waals surface area contributed by atoms with Gasteiger partial charge in [0.05, 0.1) is 35.6 Å². The fraction of sp³-hybridized carbons (Fsp3) is 0.571. The first-order chi connectivity index (χ1) is 14.0. The highest BCUT2D eigenvalue weighted by molar-refractivity contribution is 7.11. The molecule has 1 amide bonds. The molecule has 1 spiro atoms. The second-order valence-corrected chi connectivity index (χ2v) is 9.21. The van der Waals surface area contributed by atoms with Crippen LogP contribution < -0.4 is 5.32 Å². The number of thiazole rings is 1. The zero-order valence-corrected chi connectivity index (χ0v) is 17.8. The van der Waals surface area contributed by atoms with Gasteiger partial charge in [-0.15, -0.1) is 11.3 Å². The van der Waals surface area contributed by atoms with Crippen LogP contribution in [0.25, 0.3) is 0 Å². The van der Waals surface area contributed by atoms with Crippen molar-refractivity contribution in [3.8, 4) is 0 Å². The van der Waals surface area contributed by atoms with E-state index in [0.29, 0.717) is 25.3 Å². The van der Waals surface area contributed by atoms with Gasteiger partial charge >= 0.3 is 0 Å². The molecule has 0 aliphatic carbocycles. The van der Waals surface area contributed by atoms with Gasteiger partial charge in [0.15, 0.2) is 0 Å². The molecule has 0 saturated carbocycles. The molecule has 2 fully saturated rings. The van der Waals surface area contributed by atoms with E-state index >= 15 is 0 Å². The maximum Gasteiger partial charge on any atom is 0.252 e. The van der Waals surface area contributed by atoms with Crippen molar-refractivity contribution in [1.82, 2.24) is 20.2 Å². The second kappa shape index (κ2) is 8.87. The third kappa shape index (κ3) is 5.01. The number of hydrogen-bond acceptors (Lipinski definition) is 7. The summed E-state index contributed by atoms with van der Waals surface area (Å²) in [6, 6.07) is 3.53. The largest absolute Gasteiger partial charge is 0.377 e. The number of carbonyl (C=O) groups excluding carboxylic acids is 1. The van der Waals surface area contributed by atoms with E-state index in [1.54, 1.807) is 35.9 Å². The van der Waals surface area contributed by atoms with Gasteiger partial charge < -0.3 is 14.8 Å². The molecular formula is C21H28N4O3S. The molecule has 4 heterocycles. The zero-order chi connectivity index (χ0) is 20.3. The minimum Gasteiger partial charge on any atom is -0.377 e.